The number of rotatable bonds is 6. The normalized spacial score (nSPS) is 23.1. The third-order valence-corrected chi connectivity index (χ3v) is 8.93. The van der Waals surface area contributed by atoms with Crippen LogP contribution >= 0.6 is 11.6 Å². The fraction of sp³-hybridized carbons (Fsp3) is 0.552. The number of piperidine rings is 1. The van der Waals surface area contributed by atoms with E-state index < -0.39 is 11.7 Å². The Morgan fingerprint density at radius 1 is 1.05 bits per heavy atom. The van der Waals surface area contributed by atoms with Gasteiger partial charge in [-0.1, -0.05) is 30.7 Å². The summed E-state index contributed by atoms with van der Waals surface area (Å²) in [6.07, 6.45) is -0.348. The number of nitrogens with zero attached hydrogens (tertiary/aromatic N) is 4. The molecule has 0 N–H and O–H groups in total. The van der Waals surface area contributed by atoms with Crippen LogP contribution in [-0.2, 0) is 15.8 Å². The molecule has 2 aromatic rings. The average Bonchev–Trinajstić information content (AvgIpc) is 3.54. The molecule has 3 aliphatic rings. The molecule has 2 aliphatic heterocycles. The van der Waals surface area contributed by atoms with Gasteiger partial charge in [0.25, 0.3) is 0 Å². The quantitative estimate of drug-likeness (QED) is 0.468. The minimum absolute atomic E-state index is 0.0552. The van der Waals surface area contributed by atoms with Crippen LogP contribution in [0.15, 0.2) is 42.6 Å². The minimum Gasteiger partial charge on any atom is -0.359 e. The van der Waals surface area contributed by atoms with Crippen LogP contribution in [-0.4, -0.2) is 66.4 Å². The van der Waals surface area contributed by atoms with Crippen LogP contribution in [0.4, 0.5) is 19.0 Å². The van der Waals surface area contributed by atoms with Crippen molar-refractivity contribution in [2.45, 2.75) is 44.7 Å². The third-order valence-electron chi connectivity index (χ3n) is 8.67. The highest BCUT2D eigenvalue weighted by Crippen LogP contribution is 2.47. The lowest BCUT2D eigenvalue weighted by molar-refractivity contribution is -0.142. The van der Waals surface area contributed by atoms with E-state index in [1.807, 2.05) is 52.9 Å². The van der Waals surface area contributed by atoms with E-state index in [-0.39, 0.29) is 35.0 Å². The zero-order chi connectivity index (χ0) is 27.9. The highest BCUT2D eigenvalue weighted by molar-refractivity contribution is 6.30. The molecular formula is C29H34ClF3N4O2. The molecule has 1 aromatic heterocycles. The fourth-order valence-corrected chi connectivity index (χ4v) is 6.05. The topological polar surface area (TPSA) is 56.8 Å². The van der Waals surface area contributed by atoms with E-state index in [1.165, 1.54) is 6.07 Å². The van der Waals surface area contributed by atoms with Gasteiger partial charge in [-0.05, 0) is 55.5 Å². The molecule has 2 amide bonds. The molecule has 39 heavy (non-hydrogen) atoms. The Bertz CT molecular complexity index is 1190. The van der Waals surface area contributed by atoms with Gasteiger partial charge in [0.2, 0.25) is 11.8 Å². The van der Waals surface area contributed by atoms with Crippen LogP contribution in [0.1, 0.15) is 49.7 Å². The van der Waals surface area contributed by atoms with Crippen molar-refractivity contribution >= 4 is 29.2 Å². The van der Waals surface area contributed by atoms with Gasteiger partial charge in [-0.3, -0.25) is 9.59 Å². The molecule has 0 bridgehead atoms. The Morgan fingerprint density at radius 3 is 2.28 bits per heavy atom. The highest BCUT2D eigenvalue weighted by Gasteiger charge is 2.48. The molecule has 2 atom stereocenters. The van der Waals surface area contributed by atoms with Gasteiger partial charge < -0.3 is 14.7 Å². The van der Waals surface area contributed by atoms with E-state index in [1.54, 1.807) is 0 Å². The Kier molecular flexibility index (Phi) is 7.57. The molecule has 5 rings (SSSR count). The van der Waals surface area contributed by atoms with E-state index in [0.717, 1.165) is 30.7 Å². The number of hydrogen-bond donors (Lipinski definition) is 0. The molecule has 0 radical (unpaired) electrons. The van der Waals surface area contributed by atoms with Gasteiger partial charge in [-0.2, -0.15) is 13.2 Å². The summed E-state index contributed by atoms with van der Waals surface area (Å²) in [5.74, 6) is 0.790. The molecule has 10 heteroatoms. The molecule has 2 saturated heterocycles. The van der Waals surface area contributed by atoms with E-state index in [2.05, 4.69) is 4.98 Å². The lowest BCUT2D eigenvalue weighted by Gasteiger charge is -2.34. The smallest absolute Gasteiger partial charge is 0.359 e. The van der Waals surface area contributed by atoms with Gasteiger partial charge in [0, 0.05) is 74.2 Å². The summed E-state index contributed by atoms with van der Waals surface area (Å²) in [5, 5.41) is 0.633. The largest absolute Gasteiger partial charge is 0.417 e. The Balaban J connectivity index is 1.27. The van der Waals surface area contributed by atoms with Crippen molar-refractivity contribution in [2.75, 3.05) is 44.7 Å². The van der Waals surface area contributed by atoms with Crippen molar-refractivity contribution in [3.05, 3.63) is 58.7 Å². The number of pyridine rings is 1. The van der Waals surface area contributed by atoms with Gasteiger partial charge in [0.15, 0.2) is 0 Å². The number of anilines is 1. The van der Waals surface area contributed by atoms with Crippen molar-refractivity contribution in [3.63, 3.8) is 0 Å². The Labute approximate surface area is 232 Å². The maximum atomic E-state index is 13.6. The van der Waals surface area contributed by atoms with Gasteiger partial charge in [0.05, 0.1) is 5.56 Å². The summed E-state index contributed by atoms with van der Waals surface area (Å²) in [4.78, 5) is 36.1. The second kappa shape index (κ2) is 10.6. The maximum absolute atomic E-state index is 13.6. The number of amides is 2. The van der Waals surface area contributed by atoms with Crippen LogP contribution in [0.25, 0.3) is 0 Å². The van der Waals surface area contributed by atoms with Gasteiger partial charge in [0.1, 0.15) is 5.82 Å². The van der Waals surface area contributed by atoms with Crippen LogP contribution in [0.3, 0.4) is 0 Å². The molecule has 0 spiro atoms. The number of benzene rings is 1. The number of carbonyl (C=O) groups is 2. The first kappa shape index (κ1) is 27.7. The SMILES string of the molecule is CN(CC1CN(C(=O)C2CCN(C(=O)C3(C)CC3)CC2)CC1c1ccc(Cl)cc1)c1ccc(C(F)(F)F)cn1. The molecular weight excluding hydrogens is 529 g/mol. The lowest BCUT2D eigenvalue weighted by atomic mass is 9.88. The monoisotopic (exact) mass is 562 g/mol. The zero-order valence-corrected chi connectivity index (χ0v) is 23.0. The number of halogens is 4. The molecule has 210 valence electrons. The van der Waals surface area contributed by atoms with Crippen LogP contribution in [0.5, 0.6) is 0 Å². The molecule has 3 fully saturated rings. The summed E-state index contributed by atoms with van der Waals surface area (Å²) >= 11 is 6.12. The van der Waals surface area contributed by atoms with Gasteiger partial charge in [-0.25, -0.2) is 4.98 Å². The first-order valence-electron chi connectivity index (χ1n) is 13.5. The average molecular weight is 563 g/mol. The minimum atomic E-state index is -4.44. The predicted octanol–water partition coefficient (Wildman–Crippen LogP) is 5.47. The summed E-state index contributed by atoms with van der Waals surface area (Å²) in [7, 11) is 1.81. The van der Waals surface area contributed by atoms with E-state index in [4.69, 9.17) is 11.6 Å². The van der Waals surface area contributed by atoms with Crippen molar-refractivity contribution in [1.29, 1.82) is 0 Å². The van der Waals surface area contributed by atoms with E-state index >= 15 is 0 Å². The summed E-state index contributed by atoms with van der Waals surface area (Å²) in [6.45, 7) is 4.90. The zero-order valence-electron chi connectivity index (χ0n) is 22.3. The van der Waals surface area contributed by atoms with Gasteiger partial charge >= 0.3 is 6.18 Å². The van der Waals surface area contributed by atoms with Crippen LogP contribution in [0, 0.1) is 17.3 Å². The third kappa shape index (κ3) is 6.03. The van der Waals surface area contributed by atoms with Crippen molar-refractivity contribution < 1.29 is 22.8 Å². The first-order valence-corrected chi connectivity index (χ1v) is 13.9. The van der Waals surface area contributed by atoms with Crippen LogP contribution in [0.2, 0.25) is 5.02 Å². The number of carbonyl (C=O) groups excluding carboxylic acids is 2. The first-order chi connectivity index (χ1) is 18.4. The Hall–Kier alpha value is -2.81. The highest BCUT2D eigenvalue weighted by atomic mass is 35.5. The summed E-state index contributed by atoms with van der Waals surface area (Å²) < 4.78 is 39.0. The number of likely N-dealkylation sites (tertiary alicyclic amines) is 2. The van der Waals surface area contributed by atoms with Crippen molar-refractivity contribution in [2.24, 2.45) is 17.3 Å². The second-order valence-corrected chi connectivity index (χ2v) is 12.0. The number of hydrogen-bond acceptors (Lipinski definition) is 4. The molecule has 1 aliphatic carbocycles. The predicted molar refractivity (Wildman–Crippen MR) is 143 cm³/mol. The number of aromatic nitrogens is 1. The van der Waals surface area contributed by atoms with Crippen molar-refractivity contribution in [1.82, 2.24) is 14.8 Å². The van der Waals surface area contributed by atoms with Crippen molar-refractivity contribution in [3.8, 4) is 0 Å². The number of alkyl halides is 3. The standard InChI is InChI=1S/C29H34ClF3N4O2/c1-28(11-12-28)27(39)36-13-9-20(10-14-36)26(38)37-17-21(24(18-37)19-3-6-23(30)7-4-19)16-35(2)25-8-5-22(15-34-25)29(31,32)33/h3-8,15,20-21,24H,9-14,16-18H2,1-2H3. The van der Waals surface area contributed by atoms with Crippen LogP contribution < -0.4 is 4.90 Å². The fourth-order valence-electron chi connectivity index (χ4n) is 5.92. The molecule has 2 unspecified atom stereocenters. The van der Waals surface area contributed by atoms with E-state index in [9.17, 15) is 22.8 Å². The Morgan fingerprint density at radius 2 is 1.72 bits per heavy atom. The molecule has 1 aromatic carbocycles. The lowest BCUT2D eigenvalue weighted by Crippen LogP contribution is -2.46. The molecule has 1 saturated carbocycles. The second-order valence-electron chi connectivity index (χ2n) is 11.6. The molecule has 6 nitrogen and oxygen atoms in total. The van der Waals surface area contributed by atoms with E-state index in [0.29, 0.717) is 56.4 Å². The maximum Gasteiger partial charge on any atom is 0.417 e. The summed E-state index contributed by atoms with van der Waals surface area (Å²) in [5.41, 5.74) is 0.0977. The van der Waals surface area contributed by atoms with Gasteiger partial charge in [-0.15, -0.1) is 0 Å². The summed E-state index contributed by atoms with van der Waals surface area (Å²) in [6, 6.07) is 10.1. The molecule has 3 heterocycles.